The number of amides is 1. The molecule has 1 unspecified atom stereocenters. The van der Waals surface area contributed by atoms with Crippen LogP contribution in [0, 0.1) is 0 Å². The summed E-state index contributed by atoms with van der Waals surface area (Å²) in [7, 11) is 0. The fourth-order valence-corrected chi connectivity index (χ4v) is 4.94. The first-order valence-corrected chi connectivity index (χ1v) is 11.5. The van der Waals surface area contributed by atoms with E-state index in [2.05, 4.69) is 41.4 Å². The first kappa shape index (κ1) is 20.9. The fraction of sp³-hybridized carbons (Fsp3) is 0.500. The molecule has 1 amide bonds. The number of hydrogen-bond donors (Lipinski definition) is 1. The molecule has 4 rings (SSSR count). The van der Waals surface area contributed by atoms with Gasteiger partial charge >= 0.3 is 0 Å². The maximum Gasteiger partial charge on any atom is 0.221 e. The number of ether oxygens (including phenoxy) is 1. The molecule has 2 aliphatic rings. The van der Waals surface area contributed by atoms with E-state index in [0.29, 0.717) is 6.04 Å². The van der Waals surface area contributed by atoms with Crippen LogP contribution in [0.4, 0.5) is 5.69 Å². The summed E-state index contributed by atoms with van der Waals surface area (Å²) >= 11 is 0. The minimum atomic E-state index is -0.0245. The number of rotatable bonds is 8. The van der Waals surface area contributed by atoms with Gasteiger partial charge in [-0.15, -0.1) is 0 Å². The number of carbonyl (C=O) groups excluding carboxylic acids is 1. The molecule has 2 aromatic carbocycles. The monoisotopic (exact) mass is 406 g/mol. The molecule has 0 radical (unpaired) electrons. The van der Waals surface area contributed by atoms with E-state index in [4.69, 9.17) is 4.74 Å². The standard InChI is InChI=1S/C26H34N2O2/c1-3-13-28(14-4-5-20-6-9-24(10-7-20)27-19(2)29)25-11-8-21-16-22-12-15-30-26(22)18-23(21)17-25/h6-7,9-10,16,18,25H,3-5,8,11-15,17H2,1-2H3,(H,27,29). The summed E-state index contributed by atoms with van der Waals surface area (Å²) in [6, 6.07) is 13.6. The van der Waals surface area contributed by atoms with Gasteiger partial charge in [0.1, 0.15) is 5.75 Å². The summed E-state index contributed by atoms with van der Waals surface area (Å²) in [5.74, 6) is 1.10. The van der Waals surface area contributed by atoms with Crippen LogP contribution in [0.2, 0.25) is 0 Å². The zero-order chi connectivity index (χ0) is 20.9. The second-order valence-electron chi connectivity index (χ2n) is 8.74. The van der Waals surface area contributed by atoms with Crippen LogP contribution >= 0.6 is 0 Å². The van der Waals surface area contributed by atoms with Crippen molar-refractivity contribution in [3.63, 3.8) is 0 Å². The quantitative estimate of drug-likeness (QED) is 0.686. The van der Waals surface area contributed by atoms with E-state index in [-0.39, 0.29) is 5.91 Å². The molecular formula is C26H34N2O2. The van der Waals surface area contributed by atoms with Crippen molar-refractivity contribution in [2.75, 3.05) is 25.0 Å². The van der Waals surface area contributed by atoms with Crippen molar-refractivity contribution in [2.45, 2.75) is 64.8 Å². The predicted molar refractivity (Wildman–Crippen MR) is 122 cm³/mol. The Labute approximate surface area is 180 Å². The van der Waals surface area contributed by atoms with Crippen molar-refractivity contribution in [3.05, 3.63) is 58.7 Å². The zero-order valence-electron chi connectivity index (χ0n) is 18.4. The molecule has 4 heteroatoms. The zero-order valence-corrected chi connectivity index (χ0v) is 18.4. The molecule has 0 bridgehead atoms. The third-order valence-corrected chi connectivity index (χ3v) is 6.43. The highest BCUT2D eigenvalue weighted by Crippen LogP contribution is 2.33. The Hall–Kier alpha value is -2.33. The smallest absolute Gasteiger partial charge is 0.221 e. The number of nitrogens with zero attached hydrogens (tertiary/aromatic N) is 1. The molecule has 1 aliphatic carbocycles. The van der Waals surface area contributed by atoms with Crippen LogP contribution in [-0.2, 0) is 30.5 Å². The van der Waals surface area contributed by atoms with Gasteiger partial charge in [0.2, 0.25) is 5.91 Å². The highest BCUT2D eigenvalue weighted by Gasteiger charge is 2.26. The second-order valence-corrected chi connectivity index (χ2v) is 8.74. The number of fused-ring (bicyclic) bond motifs is 2. The van der Waals surface area contributed by atoms with E-state index in [1.165, 1.54) is 42.5 Å². The van der Waals surface area contributed by atoms with Crippen LogP contribution in [0.25, 0.3) is 0 Å². The van der Waals surface area contributed by atoms with Crippen molar-refractivity contribution in [3.8, 4) is 5.75 Å². The van der Waals surface area contributed by atoms with Crippen LogP contribution in [0.15, 0.2) is 36.4 Å². The Morgan fingerprint density at radius 3 is 2.70 bits per heavy atom. The summed E-state index contributed by atoms with van der Waals surface area (Å²) in [5, 5.41) is 2.83. The summed E-state index contributed by atoms with van der Waals surface area (Å²) < 4.78 is 5.81. The summed E-state index contributed by atoms with van der Waals surface area (Å²) in [6.45, 7) is 6.98. The largest absolute Gasteiger partial charge is 0.493 e. The lowest BCUT2D eigenvalue weighted by Gasteiger charge is -2.35. The fourth-order valence-electron chi connectivity index (χ4n) is 4.94. The lowest BCUT2D eigenvalue weighted by atomic mass is 9.86. The van der Waals surface area contributed by atoms with Gasteiger partial charge in [-0.2, -0.15) is 0 Å². The molecule has 1 aliphatic heterocycles. The maximum absolute atomic E-state index is 11.2. The summed E-state index contributed by atoms with van der Waals surface area (Å²) in [6.07, 6.45) is 8.11. The predicted octanol–water partition coefficient (Wildman–Crippen LogP) is 4.78. The highest BCUT2D eigenvalue weighted by molar-refractivity contribution is 5.88. The molecule has 4 nitrogen and oxygen atoms in total. The molecule has 0 saturated heterocycles. The Kier molecular flexibility index (Phi) is 6.73. The second kappa shape index (κ2) is 9.65. The normalized spacial score (nSPS) is 17.4. The molecule has 0 saturated carbocycles. The third kappa shape index (κ3) is 5.04. The van der Waals surface area contributed by atoms with Gasteiger partial charge in [0.05, 0.1) is 6.61 Å². The average Bonchev–Trinajstić information content (AvgIpc) is 3.19. The Balaban J connectivity index is 1.33. The van der Waals surface area contributed by atoms with Gasteiger partial charge in [-0.3, -0.25) is 4.79 Å². The minimum Gasteiger partial charge on any atom is -0.493 e. The number of carbonyl (C=O) groups is 1. The minimum absolute atomic E-state index is 0.0245. The lowest BCUT2D eigenvalue weighted by Crippen LogP contribution is -2.40. The van der Waals surface area contributed by atoms with Crippen molar-refractivity contribution in [1.29, 1.82) is 0 Å². The van der Waals surface area contributed by atoms with E-state index < -0.39 is 0 Å². The van der Waals surface area contributed by atoms with Gasteiger partial charge in [0.15, 0.2) is 0 Å². The van der Waals surface area contributed by atoms with Crippen LogP contribution in [0.3, 0.4) is 0 Å². The summed E-state index contributed by atoms with van der Waals surface area (Å²) in [4.78, 5) is 13.9. The molecule has 2 aromatic rings. The van der Waals surface area contributed by atoms with Crippen LogP contribution in [0.1, 0.15) is 55.4 Å². The molecular weight excluding hydrogens is 372 g/mol. The van der Waals surface area contributed by atoms with Crippen LogP contribution < -0.4 is 10.1 Å². The molecule has 1 N–H and O–H groups in total. The van der Waals surface area contributed by atoms with E-state index >= 15 is 0 Å². The van der Waals surface area contributed by atoms with Gasteiger partial charge in [-0.05, 0) is 92.1 Å². The number of nitrogens with one attached hydrogen (secondary N) is 1. The molecule has 1 heterocycles. The van der Waals surface area contributed by atoms with E-state index in [1.807, 2.05) is 12.1 Å². The molecule has 160 valence electrons. The van der Waals surface area contributed by atoms with Crippen molar-refractivity contribution in [2.24, 2.45) is 0 Å². The maximum atomic E-state index is 11.2. The Morgan fingerprint density at radius 2 is 1.93 bits per heavy atom. The van der Waals surface area contributed by atoms with Crippen molar-refractivity contribution >= 4 is 11.6 Å². The average molecular weight is 407 g/mol. The van der Waals surface area contributed by atoms with Crippen LogP contribution in [0.5, 0.6) is 5.75 Å². The van der Waals surface area contributed by atoms with Gasteiger partial charge < -0.3 is 15.0 Å². The molecule has 0 spiro atoms. The highest BCUT2D eigenvalue weighted by atomic mass is 16.5. The van der Waals surface area contributed by atoms with Crippen molar-refractivity contribution < 1.29 is 9.53 Å². The molecule has 1 atom stereocenters. The summed E-state index contributed by atoms with van der Waals surface area (Å²) in [5.41, 5.74) is 6.66. The van der Waals surface area contributed by atoms with Gasteiger partial charge in [0.25, 0.3) is 0 Å². The first-order chi connectivity index (χ1) is 14.6. The van der Waals surface area contributed by atoms with E-state index in [1.54, 1.807) is 12.5 Å². The molecule has 30 heavy (non-hydrogen) atoms. The van der Waals surface area contributed by atoms with Gasteiger partial charge in [-0.1, -0.05) is 25.1 Å². The van der Waals surface area contributed by atoms with Gasteiger partial charge in [0, 0.05) is 25.1 Å². The SMILES string of the molecule is CCCN(CCCc1ccc(NC(C)=O)cc1)C1CCc2cc3c(cc2C1)OCC3. The number of anilines is 1. The van der Waals surface area contributed by atoms with Gasteiger partial charge in [-0.25, -0.2) is 0 Å². The number of benzene rings is 2. The third-order valence-electron chi connectivity index (χ3n) is 6.43. The van der Waals surface area contributed by atoms with E-state index in [0.717, 1.165) is 50.3 Å². The number of aryl methyl sites for hydroxylation is 2. The number of hydrogen-bond acceptors (Lipinski definition) is 3. The molecule has 0 aromatic heterocycles. The Morgan fingerprint density at radius 1 is 1.10 bits per heavy atom. The van der Waals surface area contributed by atoms with Crippen LogP contribution in [-0.4, -0.2) is 36.5 Å². The van der Waals surface area contributed by atoms with Crippen molar-refractivity contribution in [1.82, 2.24) is 4.90 Å². The topological polar surface area (TPSA) is 41.6 Å². The molecule has 0 fully saturated rings. The Bertz CT molecular complexity index is 875. The van der Waals surface area contributed by atoms with E-state index in [9.17, 15) is 4.79 Å². The first-order valence-electron chi connectivity index (χ1n) is 11.5. The lowest BCUT2D eigenvalue weighted by molar-refractivity contribution is -0.114.